The smallest absolute Gasteiger partial charge is 0.219 e. The van der Waals surface area contributed by atoms with Crippen molar-refractivity contribution >= 4 is 11.7 Å². The van der Waals surface area contributed by atoms with Crippen molar-refractivity contribution in [2.75, 3.05) is 31.6 Å². The third-order valence-electron chi connectivity index (χ3n) is 5.72. The van der Waals surface area contributed by atoms with Crippen molar-refractivity contribution in [3.05, 3.63) is 53.7 Å². The highest BCUT2D eigenvalue weighted by Gasteiger charge is 2.48. The first-order chi connectivity index (χ1) is 13.1. The van der Waals surface area contributed by atoms with Crippen molar-refractivity contribution in [3.8, 4) is 11.8 Å². The largest absolute Gasteiger partial charge is 0.497 e. The summed E-state index contributed by atoms with van der Waals surface area (Å²) in [5.41, 5.74) is 1.76. The minimum atomic E-state index is 0.0579. The SMILES string of the molecule is COc1ccc([C@H]2[C@@H]3CN(c4cc(C#N)ccn4)C[C@@H]3CN2C(C)=O)cc1. The number of aromatic nitrogens is 1. The third-order valence-corrected chi connectivity index (χ3v) is 5.72. The molecule has 1 aromatic heterocycles. The summed E-state index contributed by atoms with van der Waals surface area (Å²) in [6.07, 6.45) is 1.69. The van der Waals surface area contributed by atoms with E-state index >= 15 is 0 Å². The zero-order chi connectivity index (χ0) is 19.0. The molecule has 2 saturated heterocycles. The molecule has 138 valence electrons. The molecule has 0 radical (unpaired) electrons. The lowest BCUT2D eigenvalue weighted by Crippen LogP contribution is -2.34. The molecule has 2 fully saturated rings. The Morgan fingerprint density at radius 1 is 1.22 bits per heavy atom. The number of rotatable bonds is 3. The van der Waals surface area contributed by atoms with Gasteiger partial charge in [0.25, 0.3) is 0 Å². The fourth-order valence-electron chi connectivity index (χ4n) is 4.45. The summed E-state index contributed by atoms with van der Waals surface area (Å²) < 4.78 is 5.27. The number of carbonyl (C=O) groups is 1. The van der Waals surface area contributed by atoms with E-state index in [0.717, 1.165) is 36.8 Å². The Bertz CT molecular complexity index is 890. The van der Waals surface area contributed by atoms with Gasteiger partial charge < -0.3 is 14.5 Å². The average molecular weight is 362 g/mol. The van der Waals surface area contributed by atoms with Crippen molar-refractivity contribution in [2.45, 2.75) is 13.0 Å². The third kappa shape index (κ3) is 3.10. The van der Waals surface area contributed by atoms with Crippen LogP contribution in [0, 0.1) is 23.2 Å². The quantitative estimate of drug-likeness (QED) is 0.839. The molecule has 3 atom stereocenters. The second-order valence-electron chi connectivity index (χ2n) is 7.23. The van der Waals surface area contributed by atoms with E-state index < -0.39 is 0 Å². The number of hydrogen-bond acceptors (Lipinski definition) is 5. The van der Waals surface area contributed by atoms with Crippen molar-refractivity contribution in [2.24, 2.45) is 11.8 Å². The molecular weight excluding hydrogens is 340 g/mol. The van der Waals surface area contributed by atoms with Gasteiger partial charge in [-0.1, -0.05) is 12.1 Å². The number of nitriles is 1. The number of anilines is 1. The molecule has 4 rings (SSSR count). The van der Waals surface area contributed by atoms with Gasteiger partial charge >= 0.3 is 0 Å². The van der Waals surface area contributed by atoms with Gasteiger partial charge in [0, 0.05) is 44.6 Å². The Balaban J connectivity index is 1.62. The van der Waals surface area contributed by atoms with Gasteiger partial charge in [0.2, 0.25) is 5.91 Å². The highest BCUT2D eigenvalue weighted by molar-refractivity contribution is 5.74. The van der Waals surface area contributed by atoms with Crippen LogP contribution in [0.25, 0.3) is 0 Å². The van der Waals surface area contributed by atoms with E-state index in [9.17, 15) is 4.79 Å². The second kappa shape index (κ2) is 6.92. The first-order valence-corrected chi connectivity index (χ1v) is 9.13. The summed E-state index contributed by atoms with van der Waals surface area (Å²) >= 11 is 0. The van der Waals surface area contributed by atoms with Crippen molar-refractivity contribution in [3.63, 3.8) is 0 Å². The van der Waals surface area contributed by atoms with Gasteiger partial charge in [-0.25, -0.2) is 4.98 Å². The highest BCUT2D eigenvalue weighted by Crippen LogP contribution is 2.46. The zero-order valence-electron chi connectivity index (χ0n) is 15.5. The Morgan fingerprint density at radius 2 is 2.00 bits per heavy atom. The molecule has 0 unspecified atom stereocenters. The zero-order valence-corrected chi connectivity index (χ0v) is 15.5. The van der Waals surface area contributed by atoms with E-state index in [2.05, 4.69) is 28.1 Å². The number of nitrogens with zero attached hydrogens (tertiary/aromatic N) is 4. The fraction of sp³-hybridized carbons (Fsp3) is 0.381. The van der Waals surface area contributed by atoms with Gasteiger partial charge in [0.15, 0.2) is 0 Å². The van der Waals surface area contributed by atoms with Crippen LogP contribution in [0.3, 0.4) is 0 Å². The summed E-state index contributed by atoms with van der Waals surface area (Å²) in [5.74, 6) is 2.50. The summed E-state index contributed by atoms with van der Waals surface area (Å²) in [4.78, 5) is 20.9. The second-order valence-corrected chi connectivity index (χ2v) is 7.23. The molecule has 27 heavy (non-hydrogen) atoms. The van der Waals surface area contributed by atoms with Crippen LogP contribution in [0.15, 0.2) is 42.6 Å². The molecule has 2 aromatic rings. The lowest BCUT2D eigenvalue weighted by molar-refractivity contribution is -0.130. The maximum Gasteiger partial charge on any atom is 0.219 e. The van der Waals surface area contributed by atoms with Crippen molar-refractivity contribution in [1.29, 1.82) is 5.26 Å². The molecule has 2 aliphatic rings. The highest BCUT2D eigenvalue weighted by atomic mass is 16.5. The molecule has 1 amide bonds. The van der Waals surface area contributed by atoms with E-state index in [1.807, 2.05) is 23.1 Å². The first-order valence-electron chi connectivity index (χ1n) is 9.13. The Labute approximate surface area is 159 Å². The molecule has 1 aromatic carbocycles. The summed E-state index contributed by atoms with van der Waals surface area (Å²) in [7, 11) is 1.65. The van der Waals surface area contributed by atoms with Gasteiger partial charge in [-0.05, 0) is 29.8 Å². The average Bonchev–Trinajstić information content (AvgIpc) is 3.26. The lowest BCUT2D eigenvalue weighted by Gasteiger charge is -2.29. The number of likely N-dealkylation sites (tertiary alicyclic amines) is 1. The van der Waals surface area contributed by atoms with Crippen molar-refractivity contribution < 1.29 is 9.53 Å². The van der Waals surface area contributed by atoms with E-state index in [-0.39, 0.29) is 11.9 Å². The Morgan fingerprint density at radius 3 is 2.67 bits per heavy atom. The molecule has 0 saturated carbocycles. The molecule has 0 N–H and O–H groups in total. The number of methoxy groups -OCH3 is 1. The molecule has 0 spiro atoms. The number of fused-ring (bicyclic) bond motifs is 1. The van der Waals surface area contributed by atoms with E-state index in [4.69, 9.17) is 10.00 Å². The predicted octanol–water partition coefficient (Wildman–Crippen LogP) is 2.62. The number of ether oxygens (including phenoxy) is 1. The molecule has 0 bridgehead atoms. The Hall–Kier alpha value is -3.07. The van der Waals surface area contributed by atoms with Gasteiger partial charge in [-0.2, -0.15) is 5.26 Å². The Kier molecular flexibility index (Phi) is 4.44. The van der Waals surface area contributed by atoms with E-state index in [1.54, 1.807) is 26.3 Å². The molecule has 6 heteroatoms. The molecule has 3 heterocycles. The minimum absolute atomic E-state index is 0.0579. The molecular formula is C21H22N4O2. The maximum absolute atomic E-state index is 12.3. The van der Waals surface area contributed by atoms with E-state index in [1.165, 1.54) is 0 Å². The first kappa shape index (κ1) is 17.3. The lowest BCUT2D eigenvalue weighted by atomic mass is 9.89. The summed E-state index contributed by atoms with van der Waals surface area (Å²) in [5, 5.41) is 9.14. The van der Waals surface area contributed by atoms with Crippen LogP contribution in [-0.4, -0.2) is 42.5 Å². The van der Waals surface area contributed by atoms with Gasteiger partial charge in [0.05, 0.1) is 24.8 Å². The monoisotopic (exact) mass is 362 g/mol. The van der Waals surface area contributed by atoms with Gasteiger partial charge in [-0.3, -0.25) is 4.79 Å². The van der Waals surface area contributed by atoms with Crippen molar-refractivity contribution in [1.82, 2.24) is 9.88 Å². The minimum Gasteiger partial charge on any atom is -0.497 e. The number of carbonyl (C=O) groups excluding carboxylic acids is 1. The normalized spacial score (nSPS) is 23.8. The number of hydrogen-bond donors (Lipinski definition) is 0. The van der Waals surface area contributed by atoms with Crippen LogP contribution < -0.4 is 9.64 Å². The van der Waals surface area contributed by atoms with Crippen LogP contribution in [0.4, 0.5) is 5.82 Å². The van der Waals surface area contributed by atoms with Crippen LogP contribution in [0.5, 0.6) is 5.75 Å². The van der Waals surface area contributed by atoms with E-state index in [0.29, 0.717) is 17.4 Å². The number of amides is 1. The van der Waals surface area contributed by atoms with Gasteiger partial charge in [0.1, 0.15) is 11.6 Å². The van der Waals surface area contributed by atoms with Crippen LogP contribution in [0.1, 0.15) is 24.1 Å². The predicted molar refractivity (Wildman–Crippen MR) is 101 cm³/mol. The number of pyridine rings is 1. The molecule has 6 nitrogen and oxygen atoms in total. The van der Waals surface area contributed by atoms with Crippen LogP contribution in [0.2, 0.25) is 0 Å². The summed E-state index contributed by atoms with van der Waals surface area (Å²) in [6, 6.07) is 13.8. The van der Waals surface area contributed by atoms with Crippen LogP contribution in [-0.2, 0) is 4.79 Å². The molecule has 2 aliphatic heterocycles. The number of benzene rings is 1. The molecule has 0 aliphatic carbocycles. The summed E-state index contributed by atoms with van der Waals surface area (Å²) in [6.45, 7) is 4.08. The fourth-order valence-corrected chi connectivity index (χ4v) is 4.45. The topological polar surface area (TPSA) is 69.5 Å². The standard InChI is InChI=1S/C21H22N4O2/c1-14(26)25-12-17-11-24(20-9-15(10-22)7-8-23-20)13-19(17)21(25)16-3-5-18(27-2)6-4-16/h3-9,17,19,21H,11-13H2,1-2H3/t17-,19-,21+/m1/s1. The van der Waals surface area contributed by atoms with Gasteiger partial charge in [-0.15, -0.1) is 0 Å². The van der Waals surface area contributed by atoms with Crippen LogP contribution >= 0.6 is 0 Å². The maximum atomic E-state index is 12.3.